The molecule has 0 saturated heterocycles. The highest BCUT2D eigenvalue weighted by Gasteiger charge is 2.15. The zero-order chi connectivity index (χ0) is 14.4. The molecule has 0 bridgehead atoms. The van der Waals surface area contributed by atoms with E-state index in [1.54, 1.807) is 13.3 Å². The molecule has 0 aromatic carbocycles. The second kappa shape index (κ2) is 7.78. The number of aromatic nitrogens is 2. The summed E-state index contributed by atoms with van der Waals surface area (Å²) in [6, 6.07) is 0.449. The van der Waals surface area contributed by atoms with E-state index in [2.05, 4.69) is 26.3 Å². The molecule has 1 heterocycles. The van der Waals surface area contributed by atoms with Gasteiger partial charge in [-0.15, -0.1) is 0 Å². The molecule has 0 radical (unpaired) electrons. The molecular weight excluding hydrogens is 322 g/mol. The average molecular weight is 344 g/mol. The first-order chi connectivity index (χ1) is 9.72. The zero-order valence-corrected chi connectivity index (χ0v) is 13.5. The molecule has 2 rings (SSSR count). The third-order valence-corrected chi connectivity index (χ3v) is 4.47. The topological polar surface area (TPSA) is 56.1 Å². The van der Waals surface area contributed by atoms with Crippen molar-refractivity contribution in [1.29, 1.82) is 0 Å². The lowest BCUT2D eigenvalue weighted by atomic mass is 10.1. The third kappa shape index (κ3) is 4.06. The van der Waals surface area contributed by atoms with Crippen molar-refractivity contribution in [3.8, 4) is 0 Å². The maximum atomic E-state index is 12.2. The molecule has 0 amide bonds. The van der Waals surface area contributed by atoms with Gasteiger partial charge in [-0.2, -0.15) is 5.10 Å². The smallest absolute Gasteiger partial charge is 0.283 e. The number of hydrogen-bond donors (Lipinski definition) is 1. The number of rotatable bonds is 5. The van der Waals surface area contributed by atoms with E-state index in [0.717, 1.165) is 5.69 Å². The van der Waals surface area contributed by atoms with Gasteiger partial charge in [0.25, 0.3) is 5.56 Å². The van der Waals surface area contributed by atoms with E-state index in [-0.39, 0.29) is 5.56 Å². The van der Waals surface area contributed by atoms with Gasteiger partial charge in [-0.1, -0.05) is 25.7 Å². The molecule has 0 aliphatic heterocycles. The van der Waals surface area contributed by atoms with Crippen LogP contribution in [0.1, 0.15) is 38.5 Å². The highest BCUT2D eigenvalue weighted by Crippen LogP contribution is 2.23. The standard InChI is InChI=1S/C14H22BrN3O2/c1-20-9-8-18-14(19)13(15)12(10-16-18)17-11-6-4-2-3-5-7-11/h10-11,17H,2-9H2,1H3. The summed E-state index contributed by atoms with van der Waals surface area (Å²) in [5.41, 5.74) is 0.691. The predicted molar refractivity (Wildman–Crippen MR) is 83.2 cm³/mol. The summed E-state index contributed by atoms with van der Waals surface area (Å²) in [5, 5.41) is 7.66. The van der Waals surface area contributed by atoms with E-state index in [9.17, 15) is 4.79 Å². The molecule has 1 saturated carbocycles. The third-order valence-electron chi connectivity index (χ3n) is 3.71. The first-order valence-electron chi connectivity index (χ1n) is 7.23. The van der Waals surface area contributed by atoms with Crippen LogP contribution < -0.4 is 10.9 Å². The highest BCUT2D eigenvalue weighted by molar-refractivity contribution is 9.10. The molecular formula is C14H22BrN3O2. The Labute approximate surface area is 127 Å². The minimum Gasteiger partial charge on any atom is -0.383 e. The second-order valence-corrected chi connectivity index (χ2v) is 6.02. The van der Waals surface area contributed by atoms with Crippen molar-refractivity contribution in [2.45, 2.75) is 51.1 Å². The largest absolute Gasteiger partial charge is 0.383 e. The molecule has 1 fully saturated rings. The van der Waals surface area contributed by atoms with Crippen molar-refractivity contribution in [3.05, 3.63) is 21.0 Å². The van der Waals surface area contributed by atoms with Gasteiger partial charge in [-0.3, -0.25) is 4.79 Å². The van der Waals surface area contributed by atoms with Crippen LogP contribution in [0.4, 0.5) is 5.69 Å². The number of nitrogens with one attached hydrogen (secondary N) is 1. The summed E-state index contributed by atoms with van der Waals surface area (Å²) < 4.78 is 6.96. The normalized spacial score (nSPS) is 16.9. The Balaban J connectivity index is 2.08. The molecule has 0 atom stereocenters. The van der Waals surface area contributed by atoms with E-state index in [0.29, 0.717) is 23.7 Å². The zero-order valence-electron chi connectivity index (χ0n) is 11.9. The maximum Gasteiger partial charge on any atom is 0.283 e. The molecule has 112 valence electrons. The molecule has 1 aromatic rings. The molecule has 1 aromatic heterocycles. The lowest BCUT2D eigenvalue weighted by molar-refractivity contribution is 0.181. The van der Waals surface area contributed by atoms with E-state index < -0.39 is 0 Å². The monoisotopic (exact) mass is 343 g/mol. The van der Waals surface area contributed by atoms with Crippen molar-refractivity contribution in [2.24, 2.45) is 0 Å². The van der Waals surface area contributed by atoms with Gasteiger partial charge in [-0.25, -0.2) is 4.68 Å². The SMILES string of the molecule is COCCn1ncc(NC2CCCCCC2)c(Br)c1=O. The van der Waals surface area contributed by atoms with Crippen molar-refractivity contribution in [3.63, 3.8) is 0 Å². The Bertz CT molecular complexity index is 482. The minimum atomic E-state index is -0.110. The molecule has 0 spiro atoms. The molecule has 0 unspecified atom stereocenters. The Hall–Kier alpha value is -0.880. The van der Waals surface area contributed by atoms with Gasteiger partial charge >= 0.3 is 0 Å². The summed E-state index contributed by atoms with van der Waals surface area (Å²) in [5.74, 6) is 0. The molecule has 20 heavy (non-hydrogen) atoms. The number of halogens is 1. The molecule has 6 heteroatoms. The van der Waals surface area contributed by atoms with Gasteiger partial charge < -0.3 is 10.1 Å². The fourth-order valence-electron chi connectivity index (χ4n) is 2.55. The van der Waals surface area contributed by atoms with E-state index in [1.807, 2.05) is 0 Å². The van der Waals surface area contributed by atoms with Crippen LogP contribution in [-0.2, 0) is 11.3 Å². The first kappa shape index (κ1) is 15.5. The Morgan fingerprint density at radius 3 is 2.75 bits per heavy atom. The lowest BCUT2D eigenvalue weighted by Gasteiger charge is -2.18. The molecule has 1 aliphatic rings. The minimum absolute atomic E-state index is 0.110. The molecule has 1 aliphatic carbocycles. The van der Waals surface area contributed by atoms with E-state index in [1.165, 1.54) is 43.2 Å². The number of methoxy groups -OCH3 is 1. The van der Waals surface area contributed by atoms with Crippen LogP contribution >= 0.6 is 15.9 Å². The Morgan fingerprint density at radius 1 is 1.40 bits per heavy atom. The van der Waals surface area contributed by atoms with Crippen LogP contribution in [0.5, 0.6) is 0 Å². The van der Waals surface area contributed by atoms with Gasteiger partial charge in [0, 0.05) is 13.2 Å². The average Bonchev–Trinajstić information content (AvgIpc) is 2.72. The van der Waals surface area contributed by atoms with Gasteiger partial charge in [0.05, 0.1) is 25.0 Å². The summed E-state index contributed by atoms with van der Waals surface area (Å²) in [6.07, 6.45) is 9.21. The van der Waals surface area contributed by atoms with Crippen LogP contribution in [0, 0.1) is 0 Å². The quantitative estimate of drug-likeness (QED) is 0.835. The molecule has 1 N–H and O–H groups in total. The second-order valence-electron chi connectivity index (χ2n) is 5.23. The van der Waals surface area contributed by atoms with Gasteiger partial charge in [-0.05, 0) is 28.8 Å². The number of ether oxygens (including phenoxy) is 1. The summed E-state index contributed by atoms with van der Waals surface area (Å²) >= 11 is 3.39. The van der Waals surface area contributed by atoms with Crippen LogP contribution in [0.15, 0.2) is 15.5 Å². The van der Waals surface area contributed by atoms with Crippen molar-refractivity contribution < 1.29 is 4.74 Å². The number of anilines is 1. The summed E-state index contributed by atoms with van der Waals surface area (Å²) in [4.78, 5) is 12.2. The maximum absolute atomic E-state index is 12.2. The molecule has 5 nitrogen and oxygen atoms in total. The van der Waals surface area contributed by atoms with E-state index >= 15 is 0 Å². The first-order valence-corrected chi connectivity index (χ1v) is 8.02. The Morgan fingerprint density at radius 2 is 2.10 bits per heavy atom. The Kier molecular flexibility index (Phi) is 6.04. The lowest BCUT2D eigenvalue weighted by Crippen LogP contribution is -2.28. The fourth-order valence-corrected chi connectivity index (χ4v) is 2.97. The summed E-state index contributed by atoms with van der Waals surface area (Å²) in [6.45, 7) is 0.951. The van der Waals surface area contributed by atoms with Crippen LogP contribution in [0.25, 0.3) is 0 Å². The van der Waals surface area contributed by atoms with Crippen molar-refractivity contribution >= 4 is 21.6 Å². The van der Waals surface area contributed by atoms with Crippen molar-refractivity contribution in [1.82, 2.24) is 9.78 Å². The predicted octanol–water partition coefficient (Wildman–Crippen LogP) is 2.79. The van der Waals surface area contributed by atoms with Gasteiger partial charge in [0.2, 0.25) is 0 Å². The van der Waals surface area contributed by atoms with Gasteiger partial charge in [0.1, 0.15) is 4.47 Å². The van der Waals surface area contributed by atoms with E-state index in [4.69, 9.17) is 4.74 Å². The number of hydrogen-bond acceptors (Lipinski definition) is 4. The van der Waals surface area contributed by atoms with Gasteiger partial charge in [0.15, 0.2) is 0 Å². The number of nitrogens with zero attached hydrogens (tertiary/aromatic N) is 2. The van der Waals surface area contributed by atoms with Crippen LogP contribution in [0.3, 0.4) is 0 Å². The fraction of sp³-hybridized carbons (Fsp3) is 0.714. The van der Waals surface area contributed by atoms with Crippen LogP contribution in [0.2, 0.25) is 0 Å². The highest BCUT2D eigenvalue weighted by atomic mass is 79.9. The van der Waals surface area contributed by atoms with Crippen molar-refractivity contribution in [2.75, 3.05) is 19.0 Å². The summed E-state index contributed by atoms with van der Waals surface area (Å²) in [7, 11) is 1.61. The van der Waals surface area contributed by atoms with Crippen LogP contribution in [-0.4, -0.2) is 29.5 Å².